The van der Waals surface area contributed by atoms with Crippen LogP contribution in [0.15, 0.2) is 30.6 Å². The van der Waals surface area contributed by atoms with Gasteiger partial charge < -0.3 is 10.1 Å². The predicted molar refractivity (Wildman–Crippen MR) is 87.8 cm³/mol. The molecular formula is C18H18F3N3O2. The Bertz CT molecular complexity index is 803. The molecular weight excluding hydrogens is 347 g/mol. The highest BCUT2D eigenvalue weighted by Gasteiger charge is 2.33. The van der Waals surface area contributed by atoms with E-state index < -0.39 is 17.7 Å². The third-order valence-corrected chi connectivity index (χ3v) is 4.14. The van der Waals surface area contributed by atoms with Gasteiger partial charge in [0.15, 0.2) is 5.78 Å². The van der Waals surface area contributed by atoms with Crippen molar-refractivity contribution in [2.24, 2.45) is 0 Å². The number of ether oxygens (including phenoxy) is 1. The minimum absolute atomic E-state index is 0.0196. The Morgan fingerprint density at radius 3 is 2.81 bits per heavy atom. The normalized spacial score (nSPS) is 17.9. The molecule has 5 nitrogen and oxygen atoms in total. The maximum Gasteiger partial charge on any atom is 0.433 e. The van der Waals surface area contributed by atoms with Crippen LogP contribution in [0.25, 0.3) is 0 Å². The van der Waals surface area contributed by atoms with Crippen LogP contribution >= 0.6 is 0 Å². The fraction of sp³-hybridized carbons (Fsp3) is 0.389. The Morgan fingerprint density at radius 2 is 2.15 bits per heavy atom. The molecule has 0 aromatic carbocycles. The lowest BCUT2D eigenvalue weighted by Crippen LogP contribution is -2.34. The molecule has 26 heavy (non-hydrogen) atoms. The molecule has 3 rings (SSSR count). The van der Waals surface area contributed by atoms with Crippen molar-refractivity contribution < 1.29 is 22.7 Å². The number of rotatable bonds is 4. The number of aryl methyl sites for hydroxylation is 1. The van der Waals surface area contributed by atoms with Gasteiger partial charge in [-0.05, 0) is 30.2 Å². The summed E-state index contributed by atoms with van der Waals surface area (Å²) in [4.78, 5) is 20.0. The van der Waals surface area contributed by atoms with Crippen LogP contribution in [-0.2, 0) is 17.3 Å². The minimum atomic E-state index is -4.58. The zero-order chi connectivity index (χ0) is 18.7. The molecule has 2 aromatic heterocycles. The molecule has 0 spiro atoms. The second-order valence-electron chi connectivity index (χ2n) is 6.14. The fourth-order valence-electron chi connectivity index (χ4n) is 2.86. The number of Topliss-reactive ketones (excluding diaryl/α,β-unsaturated/α-hetero) is 1. The van der Waals surface area contributed by atoms with Crippen LogP contribution in [0.3, 0.4) is 0 Å². The van der Waals surface area contributed by atoms with E-state index in [1.54, 1.807) is 6.20 Å². The number of hydrogen-bond donors (Lipinski definition) is 1. The third kappa shape index (κ3) is 4.25. The quantitative estimate of drug-likeness (QED) is 0.844. The number of nitrogens with one attached hydrogen (secondary N) is 1. The number of morpholine rings is 1. The van der Waals surface area contributed by atoms with Crippen LogP contribution in [0.1, 0.15) is 39.0 Å². The highest BCUT2D eigenvalue weighted by atomic mass is 19.4. The Kier molecular flexibility index (Phi) is 5.33. The lowest BCUT2D eigenvalue weighted by atomic mass is 10.0. The number of pyridine rings is 2. The van der Waals surface area contributed by atoms with E-state index >= 15 is 0 Å². The fourth-order valence-corrected chi connectivity index (χ4v) is 2.86. The summed E-state index contributed by atoms with van der Waals surface area (Å²) in [6.45, 7) is 3.95. The monoisotopic (exact) mass is 365 g/mol. The molecule has 1 N–H and O–H groups in total. The average molecular weight is 365 g/mol. The molecule has 0 saturated carbocycles. The van der Waals surface area contributed by atoms with E-state index in [0.29, 0.717) is 18.7 Å². The van der Waals surface area contributed by atoms with Crippen LogP contribution in [-0.4, -0.2) is 35.4 Å². The van der Waals surface area contributed by atoms with Crippen molar-refractivity contribution in [2.75, 3.05) is 19.7 Å². The molecule has 1 aliphatic rings. The van der Waals surface area contributed by atoms with Crippen LogP contribution in [0.2, 0.25) is 0 Å². The van der Waals surface area contributed by atoms with Gasteiger partial charge in [0, 0.05) is 37.5 Å². The molecule has 1 saturated heterocycles. The summed E-state index contributed by atoms with van der Waals surface area (Å²) in [5.41, 5.74) is 1.24. The van der Waals surface area contributed by atoms with Crippen molar-refractivity contribution in [3.63, 3.8) is 0 Å². The Balaban J connectivity index is 1.74. The number of carbonyl (C=O) groups is 1. The first-order chi connectivity index (χ1) is 12.3. The molecule has 2 aromatic rings. The topological polar surface area (TPSA) is 64.1 Å². The Morgan fingerprint density at radius 1 is 1.35 bits per heavy atom. The van der Waals surface area contributed by atoms with E-state index in [1.807, 2.05) is 13.0 Å². The lowest BCUT2D eigenvalue weighted by molar-refractivity contribution is -0.141. The number of carbonyl (C=O) groups excluding carboxylic acids is 1. The number of halogens is 3. The largest absolute Gasteiger partial charge is 0.433 e. The zero-order valence-corrected chi connectivity index (χ0v) is 14.1. The molecule has 138 valence electrons. The van der Waals surface area contributed by atoms with E-state index in [1.165, 1.54) is 6.07 Å². The molecule has 1 aliphatic heterocycles. The van der Waals surface area contributed by atoms with Gasteiger partial charge >= 0.3 is 6.18 Å². The van der Waals surface area contributed by atoms with E-state index in [-0.39, 0.29) is 18.1 Å². The number of hydrogen-bond acceptors (Lipinski definition) is 5. The Labute approximate surface area is 148 Å². The average Bonchev–Trinajstić information content (AvgIpc) is 2.62. The van der Waals surface area contributed by atoms with Gasteiger partial charge in [-0.1, -0.05) is 6.07 Å². The molecule has 0 amide bonds. The van der Waals surface area contributed by atoms with Gasteiger partial charge in [0.25, 0.3) is 0 Å². The summed E-state index contributed by atoms with van der Waals surface area (Å²) in [6, 6.07) is 3.89. The first kappa shape index (κ1) is 18.5. The van der Waals surface area contributed by atoms with Crippen LogP contribution in [0, 0.1) is 6.92 Å². The van der Waals surface area contributed by atoms with Gasteiger partial charge in [-0.25, -0.2) is 0 Å². The number of nitrogens with zero attached hydrogens (tertiary/aromatic N) is 2. The Hall–Kier alpha value is -2.32. The number of ketones is 1. The predicted octanol–water partition coefficient (Wildman–Crippen LogP) is 2.89. The van der Waals surface area contributed by atoms with Gasteiger partial charge in [-0.15, -0.1) is 0 Å². The van der Waals surface area contributed by atoms with Crippen molar-refractivity contribution in [2.45, 2.75) is 25.6 Å². The number of alkyl halides is 3. The van der Waals surface area contributed by atoms with Crippen LogP contribution < -0.4 is 5.32 Å². The summed E-state index contributed by atoms with van der Waals surface area (Å²) in [7, 11) is 0. The smallest absolute Gasteiger partial charge is 0.369 e. The molecule has 0 radical (unpaired) electrons. The molecule has 1 unspecified atom stereocenters. The van der Waals surface area contributed by atoms with Gasteiger partial charge in [0.2, 0.25) is 0 Å². The lowest BCUT2D eigenvalue weighted by Gasteiger charge is -2.24. The van der Waals surface area contributed by atoms with E-state index in [4.69, 9.17) is 4.74 Å². The van der Waals surface area contributed by atoms with Crippen molar-refractivity contribution in [3.8, 4) is 0 Å². The summed E-state index contributed by atoms with van der Waals surface area (Å²) in [6.07, 6.45) is -2.17. The summed E-state index contributed by atoms with van der Waals surface area (Å²) >= 11 is 0. The second-order valence-corrected chi connectivity index (χ2v) is 6.14. The maximum atomic E-state index is 12.7. The van der Waals surface area contributed by atoms with Crippen molar-refractivity contribution in [1.29, 1.82) is 0 Å². The van der Waals surface area contributed by atoms with Crippen LogP contribution in [0.5, 0.6) is 0 Å². The molecule has 1 fully saturated rings. The first-order valence-electron chi connectivity index (χ1n) is 8.19. The summed E-state index contributed by atoms with van der Waals surface area (Å²) in [5, 5.41) is 3.23. The standard InChI is InChI=1S/C18H18F3N3O2/c1-11-6-12(9-24-17(11)15-10-22-4-5-26-15)7-14(25)13-2-3-23-16(8-13)18(19,20)21/h2-3,6,8-9,15,22H,4-5,7,10H2,1H3. The summed E-state index contributed by atoms with van der Waals surface area (Å²) in [5.74, 6) is -0.414. The van der Waals surface area contributed by atoms with E-state index in [0.717, 1.165) is 30.1 Å². The molecule has 0 bridgehead atoms. The SMILES string of the molecule is Cc1cc(CC(=O)c2ccnc(C(F)(F)F)c2)cnc1C1CNCCO1. The van der Waals surface area contributed by atoms with E-state index in [2.05, 4.69) is 15.3 Å². The van der Waals surface area contributed by atoms with Gasteiger partial charge in [0.05, 0.1) is 12.3 Å². The maximum absolute atomic E-state index is 12.7. The number of aromatic nitrogens is 2. The van der Waals surface area contributed by atoms with Crippen molar-refractivity contribution in [1.82, 2.24) is 15.3 Å². The van der Waals surface area contributed by atoms with Gasteiger partial charge in [0.1, 0.15) is 11.8 Å². The first-order valence-corrected chi connectivity index (χ1v) is 8.19. The molecule has 1 atom stereocenters. The summed E-state index contributed by atoms with van der Waals surface area (Å²) < 4.78 is 43.9. The zero-order valence-electron chi connectivity index (χ0n) is 14.1. The highest BCUT2D eigenvalue weighted by Crippen LogP contribution is 2.28. The molecule has 0 aliphatic carbocycles. The molecule has 8 heteroatoms. The van der Waals surface area contributed by atoms with Gasteiger partial charge in [-0.2, -0.15) is 13.2 Å². The highest BCUT2D eigenvalue weighted by molar-refractivity contribution is 5.97. The third-order valence-electron chi connectivity index (χ3n) is 4.14. The van der Waals surface area contributed by atoms with Crippen LogP contribution in [0.4, 0.5) is 13.2 Å². The van der Waals surface area contributed by atoms with Crippen molar-refractivity contribution >= 4 is 5.78 Å². The van der Waals surface area contributed by atoms with Crippen molar-refractivity contribution in [3.05, 3.63) is 58.7 Å². The van der Waals surface area contributed by atoms with E-state index in [9.17, 15) is 18.0 Å². The second kappa shape index (κ2) is 7.51. The van der Waals surface area contributed by atoms with Gasteiger partial charge in [-0.3, -0.25) is 14.8 Å². The molecule has 3 heterocycles. The minimum Gasteiger partial charge on any atom is -0.369 e.